The van der Waals surface area contributed by atoms with Gasteiger partial charge in [0.1, 0.15) is 10.0 Å². The van der Waals surface area contributed by atoms with E-state index in [2.05, 4.69) is 15.6 Å². The van der Waals surface area contributed by atoms with Gasteiger partial charge in [-0.25, -0.2) is 9.78 Å². The number of ether oxygens (including phenoxy) is 1. The first kappa shape index (κ1) is 18.2. The molecule has 2 aliphatic rings. The fraction of sp³-hybridized carbons (Fsp3) is 0.389. The predicted molar refractivity (Wildman–Crippen MR) is 106 cm³/mol. The topological polar surface area (TPSA) is 83.6 Å². The van der Waals surface area contributed by atoms with E-state index in [0.29, 0.717) is 34.8 Å². The highest BCUT2D eigenvalue weighted by Crippen LogP contribution is 2.37. The second-order valence-corrected chi connectivity index (χ2v) is 8.22. The quantitative estimate of drug-likeness (QED) is 0.815. The molecule has 4 rings (SSSR count). The van der Waals surface area contributed by atoms with Gasteiger partial charge in [-0.05, 0) is 30.5 Å². The molecule has 3 heterocycles. The number of halogens is 1. The Labute approximate surface area is 165 Å². The molecule has 2 aromatic rings. The number of urea groups is 1. The Hall–Kier alpha value is -2.16. The average molecular weight is 407 g/mol. The van der Waals surface area contributed by atoms with Crippen LogP contribution in [0, 0.1) is 0 Å². The van der Waals surface area contributed by atoms with Crippen molar-refractivity contribution in [3.63, 3.8) is 0 Å². The van der Waals surface area contributed by atoms with E-state index in [4.69, 9.17) is 16.3 Å². The number of fused-ring (bicyclic) bond motifs is 1. The molecule has 142 valence electrons. The summed E-state index contributed by atoms with van der Waals surface area (Å²) < 4.78 is 5.84. The summed E-state index contributed by atoms with van der Waals surface area (Å²) in [5, 5.41) is 6.09. The fourth-order valence-corrected chi connectivity index (χ4v) is 4.40. The minimum Gasteiger partial charge on any atom is -0.381 e. The van der Waals surface area contributed by atoms with E-state index in [9.17, 15) is 9.59 Å². The number of carbonyl (C=O) groups excluding carboxylic acids is 2. The summed E-state index contributed by atoms with van der Waals surface area (Å²) in [5.41, 5.74) is 3.17. The van der Waals surface area contributed by atoms with E-state index in [-0.39, 0.29) is 18.0 Å². The Bertz CT molecular complexity index is 895. The maximum Gasteiger partial charge on any atom is 0.323 e. The van der Waals surface area contributed by atoms with Crippen molar-refractivity contribution in [2.45, 2.75) is 25.3 Å². The molecule has 0 atom stereocenters. The first-order valence-corrected chi connectivity index (χ1v) is 9.92. The maximum atomic E-state index is 12.5. The van der Waals surface area contributed by atoms with Crippen LogP contribution in [0.15, 0.2) is 18.2 Å². The molecule has 1 aromatic carbocycles. The first-order valence-electron chi connectivity index (χ1n) is 8.72. The Morgan fingerprint density at radius 2 is 2.19 bits per heavy atom. The first-order chi connectivity index (χ1) is 13.0. The van der Waals surface area contributed by atoms with E-state index >= 15 is 0 Å². The van der Waals surface area contributed by atoms with Crippen molar-refractivity contribution in [3.05, 3.63) is 28.1 Å². The second-order valence-electron chi connectivity index (χ2n) is 6.62. The molecule has 27 heavy (non-hydrogen) atoms. The summed E-state index contributed by atoms with van der Waals surface area (Å²) in [6.45, 7) is 1.34. The van der Waals surface area contributed by atoms with E-state index in [0.717, 1.165) is 29.7 Å². The standard InChI is InChI=1S/C18H19ClN4O3S/c1-23(12-4-6-26-7-5-12)18(25)22-17-21-15(16(19)27-17)10-2-3-13-11(8-10)9-14(24)20-13/h2-3,8,12H,4-7,9H2,1H3,(H,20,24)(H,21,22,25). The molecule has 2 N–H and O–H groups in total. The van der Waals surface area contributed by atoms with Gasteiger partial charge in [0, 0.05) is 37.6 Å². The van der Waals surface area contributed by atoms with Crippen molar-refractivity contribution in [3.8, 4) is 11.3 Å². The third-order valence-corrected chi connectivity index (χ3v) is 6.03. The Morgan fingerprint density at radius 3 is 2.96 bits per heavy atom. The number of aromatic nitrogens is 1. The molecule has 2 aliphatic heterocycles. The van der Waals surface area contributed by atoms with Crippen LogP contribution in [-0.4, -0.2) is 48.1 Å². The van der Waals surface area contributed by atoms with Gasteiger partial charge >= 0.3 is 6.03 Å². The molecule has 7 nitrogen and oxygen atoms in total. The van der Waals surface area contributed by atoms with E-state index < -0.39 is 0 Å². The molecule has 0 aliphatic carbocycles. The van der Waals surface area contributed by atoms with Gasteiger partial charge < -0.3 is 15.0 Å². The summed E-state index contributed by atoms with van der Waals surface area (Å²) >= 11 is 7.59. The SMILES string of the molecule is CN(C(=O)Nc1nc(-c2ccc3c(c2)CC(=O)N3)c(Cl)s1)C1CCOCC1. The van der Waals surface area contributed by atoms with E-state index in [1.165, 1.54) is 11.3 Å². The summed E-state index contributed by atoms with van der Waals surface area (Å²) in [6, 6.07) is 5.58. The van der Waals surface area contributed by atoms with Crippen LogP contribution >= 0.6 is 22.9 Å². The monoisotopic (exact) mass is 406 g/mol. The van der Waals surface area contributed by atoms with Crippen molar-refractivity contribution in [2.24, 2.45) is 0 Å². The number of benzene rings is 1. The molecule has 0 radical (unpaired) electrons. The number of nitrogens with zero attached hydrogens (tertiary/aromatic N) is 2. The van der Waals surface area contributed by atoms with Crippen LogP contribution in [0.1, 0.15) is 18.4 Å². The fourth-order valence-electron chi connectivity index (χ4n) is 3.33. The maximum absolute atomic E-state index is 12.5. The Balaban J connectivity index is 1.49. The number of carbonyl (C=O) groups is 2. The summed E-state index contributed by atoms with van der Waals surface area (Å²) in [6.07, 6.45) is 2.01. The molecule has 0 unspecified atom stereocenters. The van der Waals surface area contributed by atoms with Gasteiger partial charge in [0.15, 0.2) is 5.13 Å². The lowest BCUT2D eigenvalue weighted by Gasteiger charge is -2.30. The number of amides is 3. The highest BCUT2D eigenvalue weighted by Gasteiger charge is 2.24. The zero-order chi connectivity index (χ0) is 19.0. The number of nitrogens with one attached hydrogen (secondary N) is 2. The van der Waals surface area contributed by atoms with Crippen LogP contribution in [0.2, 0.25) is 4.34 Å². The molecule has 0 saturated carbocycles. The molecule has 1 saturated heterocycles. The number of anilines is 2. The highest BCUT2D eigenvalue weighted by atomic mass is 35.5. The molecule has 3 amide bonds. The number of thiazole rings is 1. The van der Waals surface area contributed by atoms with Gasteiger partial charge in [0.2, 0.25) is 5.91 Å². The van der Waals surface area contributed by atoms with Crippen LogP contribution in [0.5, 0.6) is 0 Å². The normalized spacial score (nSPS) is 16.7. The lowest BCUT2D eigenvalue weighted by atomic mass is 10.1. The zero-order valence-electron chi connectivity index (χ0n) is 14.8. The smallest absolute Gasteiger partial charge is 0.323 e. The van der Waals surface area contributed by atoms with Gasteiger partial charge in [0.05, 0.1) is 6.42 Å². The highest BCUT2D eigenvalue weighted by molar-refractivity contribution is 7.20. The van der Waals surface area contributed by atoms with Crippen molar-refractivity contribution in [1.29, 1.82) is 0 Å². The minimum atomic E-state index is -0.206. The lowest BCUT2D eigenvalue weighted by Crippen LogP contribution is -2.42. The van der Waals surface area contributed by atoms with Gasteiger partial charge in [0.25, 0.3) is 0 Å². The zero-order valence-corrected chi connectivity index (χ0v) is 16.3. The van der Waals surface area contributed by atoms with Crippen molar-refractivity contribution in [2.75, 3.05) is 30.9 Å². The Morgan fingerprint density at radius 1 is 1.41 bits per heavy atom. The van der Waals surface area contributed by atoms with Crippen LogP contribution in [0.25, 0.3) is 11.3 Å². The summed E-state index contributed by atoms with van der Waals surface area (Å²) in [5.74, 6) is -0.0179. The van der Waals surface area contributed by atoms with E-state index in [1.807, 2.05) is 18.2 Å². The molecule has 1 aromatic heterocycles. The molecular weight excluding hydrogens is 388 g/mol. The average Bonchev–Trinajstić information content (AvgIpc) is 3.22. The molecule has 0 bridgehead atoms. The van der Waals surface area contributed by atoms with Crippen molar-refractivity contribution in [1.82, 2.24) is 9.88 Å². The van der Waals surface area contributed by atoms with Crippen LogP contribution in [-0.2, 0) is 16.0 Å². The summed E-state index contributed by atoms with van der Waals surface area (Å²) in [7, 11) is 1.78. The molecule has 0 spiro atoms. The van der Waals surface area contributed by atoms with Gasteiger partial charge in [-0.2, -0.15) is 0 Å². The summed E-state index contributed by atoms with van der Waals surface area (Å²) in [4.78, 5) is 30.2. The number of hydrogen-bond acceptors (Lipinski definition) is 5. The molecular formula is C18H19ClN4O3S. The Kier molecular flexibility index (Phi) is 5.03. The van der Waals surface area contributed by atoms with Gasteiger partial charge in [-0.3, -0.25) is 10.1 Å². The molecule has 9 heteroatoms. The van der Waals surface area contributed by atoms with Crippen LogP contribution in [0.3, 0.4) is 0 Å². The largest absolute Gasteiger partial charge is 0.381 e. The third-order valence-electron chi connectivity index (χ3n) is 4.86. The van der Waals surface area contributed by atoms with E-state index in [1.54, 1.807) is 11.9 Å². The van der Waals surface area contributed by atoms with Crippen LogP contribution < -0.4 is 10.6 Å². The number of hydrogen-bond donors (Lipinski definition) is 2. The van der Waals surface area contributed by atoms with Gasteiger partial charge in [-0.15, -0.1) is 0 Å². The van der Waals surface area contributed by atoms with Gasteiger partial charge in [-0.1, -0.05) is 29.0 Å². The van der Waals surface area contributed by atoms with Crippen molar-refractivity contribution >= 4 is 45.7 Å². The predicted octanol–water partition coefficient (Wildman–Crippen LogP) is 3.60. The second kappa shape index (κ2) is 7.46. The lowest BCUT2D eigenvalue weighted by molar-refractivity contribution is -0.115. The van der Waals surface area contributed by atoms with Crippen molar-refractivity contribution < 1.29 is 14.3 Å². The third kappa shape index (κ3) is 3.78. The molecule has 1 fully saturated rings. The van der Waals surface area contributed by atoms with Crippen LogP contribution in [0.4, 0.5) is 15.6 Å². The number of rotatable bonds is 3. The minimum absolute atomic E-state index is 0.0179.